The first-order valence-corrected chi connectivity index (χ1v) is 16.4. The first-order chi connectivity index (χ1) is 16.8. The lowest BCUT2D eigenvalue weighted by Crippen LogP contribution is -2.50. The Morgan fingerprint density at radius 3 is 1.60 bits per heavy atom. The van der Waals surface area contributed by atoms with Crippen molar-refractivity contribution in [3.05, 3.63) is 28.6 Å². The van der Waals surface area contributed by atoms with E-state index in [-0.39, 0.29) is 11.6 Å². The Labute approximate surface area is 229 Å². The molecule has 2 aliphatic rings. The van der Waals surface area contributed by atoms with Crippen LogP contribution in [0.5, 0.6) is 6.01 Å². The number of aromatic hydroxyl groups is 1. The molecule has 1 aromatic heterocycles. The summed E-state index contributed by atoms with van der Waals surface area (Å²) in [7, 11) is 0. The van der Waals surface area contributed by atoms with E-state index >= 15 is 0 Å². The van der Waals surface area contributed by atoms with Crippen LogP contribution in [0.1, 0.15) is 92.9 Å². The number of unbranched alkanes of at least 4 members (excludes halogenated alkanes) is 4. The Morgan fingerprint density at radius 1 is 0.743 bits per heavy atom. The van der Waals surface area contributed by atoms with Crippen molar-refractivity contribution in [2.75, 3.05) is 26.2 Å². The third kappa shape index (κ3) is 9.40. The van der Waals surface area contributed by atoms with Crippen LogP contribution < -0.4 is 10.5 Å². The number of rotatable bonds is 12. The average Bonchev–Trinajstić information content (AvgIpc) is 3.41. The van der Waals surface area contributed by atoms with E-state index in [0.717, 1.165) is 4.24 Å². The van der Waals surface area contributed by atoms with Crippen LogP contribution in [0.15, 0.2) is 33.0 Å². The minimum Gasteiger partial charge on any atom is -0.446 e. The second-order valence-electron chi connectivity index (χ2n) is 9.33. The van der Waals surface area contributed by atoms with Crippen LogP contribution in [0, 0.1) is 0 Å². The summed E-state index contributed by atoms with van der Waals surface area (Å²) in [6, 6.07) is -0.199. The molecule has 35 heavy (non-hydrogen) atoms. The molecule has 198 valence electrons. The molecule has 1 aromatic rings. The fraction of sp³-hybridized carbons (Fsp3) is 0.692. The van der Waals surface area contributed by atoms with Gasteiger partial charge in [-0.15, -0.1) is 0 Å². The highest BCUT2D eigenvalue weighted by Gasteiger charge is 2.31. The van der Waals surface area contributed by atoms with E-state index in [1.54, 1.807) is 23.5 Å². The summed E-state index contributed by atoms with van der Waals surface area (Å²) >= 11 is 6.45. The maximum absolute atomic E-state index is 11.7. The number of hydrogen-bond acceptors (Lipinski definition) is 6. The molecule has 0 bridgehead atoms. The molecular weight excluding hydrogens is 515 g/mol. The van der Waals surface area contributed by atoms with E-state index in [9.17, 15) is 9.90 Å². The first kappa shape index (κ1) is 30.7. The van der Waals surface area contributed by atoms with Gasteiger partial charge in [0.05, 0.1) is 34.7 Å². The summed E-state index contributed by atoms with van der Waals surface area (Å²) in [5, 5.41) is 10.1. The number of nitrogens with one attached hydrogen (secondary N) is 2. The highest BCUT2D eigenvalue weighted by Crippen LogP contribution is 2.58. The Kier molecular flexibility index (Phi) is 13.8. The van der Waals surface area contributed by atoms with Crippen molar-refractivity contribution in [2.45, 2.75) is 103 Å². The molecule has 3 N–H and O–H groups in total. The number of nitrogens with zero attached hydrogens (tertiary/aromatic N) is 1. The van der Waals surface area contributed by atoms with Crippen molar-refractivity contribution >= 4 is 47.0 Å². The zero-order chi connectivity index (χ0) is 25.8. The van der Waals surface area contributed by atoms with E-state index in [2.05, 4.69) is 51.5 Å². The molecular formula is C26H45N3O2S4+2. The van der Waals surface area contributed by atoms with Crippen LogP contribution in [0.4, 0.5) is 0 Å². The molecule has 0 amide bonds. The molecule has 0 fully saturated rings. The molecule has 0 atom stereocenters. The average molecular weight is 560 g/mol. The largest absolute Gasteiger partial charge is 0.452 e. The fourth-order valence-corrected chi connectivity index (χ4v) is 9.34. The van der Waals surface area contributed by atoms with Gasteiger partial charge in [-0.2, -0.15) is 9.97 Å². The zero-order valence-corrected chi connectivity index (χ0v) is 25.7. The summed E-state index contributed by atoms with van der Waals surface area (Å²) < 4.78 is 3.73. The summed E-state index contributed by atoms with van der Waals surface area (Å²) in [6.45, 7) is 19.2. The number of fused-ring (bicyclic) bond motifs is 1. The third-order valence-electron chi connectivity index (χ3n) is 6.36. The van der Waals surface area contributed by atoms with Crippen LogP contribution in [-0.4, -0.2) is 40.8 Å². The van der Waals surface area contributed by atoms with Gasteiger partial charge in [-0.3, -0.25) is 0 Å². The topological polar surface area (TPSA) is 67.2 Å². The molecule has 5 nitrogen and oxygen atoms in total. The van der Waals surface area contributed by atoms with Gasteiger partial charge in [-0.05, 0) is 61.1 Å². The maximum Gasteiger partial charge on any atom is 0.452 e. The van der Waals surface area contributed by atoms with Gasteiger partial charge in [0.2, 0.25) is 0 Å². The zero-order valence-electron chi connectivity index (χ0n) is 22.4. The predicted molar refractivity (Wildman–Crippen MR) is 157 cm³/mol. The lowest BCUT2D eigenvalue weighted by Gasteiger charge is -2.39. The van der Waals surface area contributed by atoms with Gasteiger partial charge in [0, 0.05) is 0 Å². The lowest BCUT2D eigenvalue weighted by molar-refractivity contribution is -0.929. The summed E-state index contributed by atoms with van der Waals surface area (Å²) in [6.07, 6.45) is 11.1. The van der Waals surface area contributed by atoms with Crippen molar-refractivity contribution in [1.82, 2.24) is 4.98 Å². The van der Waals surface area contributed by atoms with Crippen LogP contribution in [-0.2, 0) is 0 Å². The number of thioether (sulfide) groups is 4. The predicted octanol–water partition coefficient (Wildman–Crippen LogP) is 7.95. The molecule has 0 aliphatic carbocycles. The number of H-pyrrole nitrogens is 2. The van der Waals surface area contributed by atoms with Crippen LogP contribution in [0.3, 0.4) is 0 Å². The molecule has 0 spiro atoms. The number of hydrogen-bond donors (Lipinski definition) is 2. The number of quaternary nitrogens is 1. The van der Waals surface area contributed by atoms with Crippen LogP contribution in [0.25, 0.3) is 0 Å². The second-order valence-corrected chi connectivity index (χ2v) is 14.3. The molecule has 0 aromatic carbocycles. The Morgan fingerprint density at radius 2 is 1.17 bits per heavy atom. The minimum absolute atomic E-state index is 0.199. The van der Waals surface area contributed by atoms with Gasteiger partial charge in [-0.1, -0.05) is 88.7 Å². The van der Waals surface area contributed by atoms with Crippen LogP contribution >= 0.6 is 47.0 Å². The standard InChI is InChI=1S/C16H36N.C10H8N2O2S4/c1-5-9-13-17(14-10-6-2,15-11-7-3)16-12-8-4;1-3-4(2)16-8(15-3)9-17-5-6(13)11-10(14)12-7(5)18-9/h5-16H2,1-4H3;1-2H3,(H2,11,12,13,14)/q+1;/p+1. The van der Waals surface area contributed by atoms with E-state index in [1.165, 1.54) is 120 Å². The fourth-order valence-electron chi connectivity index (χ4n) is 4.09. The smallest absolute Gasteiger partial charge is 0.446 e. The molecule has 0 saturated carbocycles. The summed E-state index contributed by atoms with van der Waals surface area (Å²) in [4.78, 5) is 20.1. The van der Waals surface area contributed by atoms with Gasteiger partial charge in [0.25, 0.3) is 0 Å². The third-order valence-corrected chi connectivity index (χ3v) is 12.0. The van der Waals surface area contributed by atoms with Crippen molar-refractivity contribution in [1.29, 1.82) is 0 Å². The van der Waals surface area contributed by atoms with Crippen molar-refractivity contribution in [3.8, 4) is 6.01 Å². The summed E-state index contributed by atoms with van der Waals surface area (Å²) in [5.74, 6) is 0. The van der Waals surface area contributed by atoms with E-state index < -0.39 is 0 Å². The van der Waals surface area contributed by atoms with E-state index in [1.807, 2.05) is 0 Å². The van der Waals surface area contributed by atoms with Gasteiger partial charge in [0.1, 0.15) is 0 Å². The highest BCUT2D eigenvalue weighted by atomic mass is 32.2. The minimum atomic E-state index is -0.247. The number of allylic oxidation sites excluding steroid dienone is 2. The molecule has 3 heterocycles. The maximum atomic E-state index is 11.7. The summed E-state index contributed by atoms with van der Waals surface area (Å²) in [5.41, 5.74) is -0.247. The Hall–Kier alpha value is -0.480. The van der Waals surface area contributed by atoms with Gasteiger partial charge in [-0.25, -0.2) is 4.79 Å². The van der Waals surface area contributed by atoms with Crippen molar-refractivity contribution in [2.24, 2.45) is 0 Å². The van der Waals surface area contributed by atoms with Crippen molar-refractivity contribution in [3.63, 3.8) is 0 Å². The molecule has 3 rings (SSSR count). The number of aromatic amines is 2. The van der Waals surface area contributed by atoms with Crippen molar-refractivity contribution < 1.29 is 14.6 Å². The molecule has 0 radical (unpaired) electrons. The van der Waals surface area contributed by atoms with E-state index in [0.29, 0.717) is 9.92 Å². The Balaban J connectivity index is 0.000000248. The molecule has 9 heteroatoms. The highest BCUT2D eigenvalue weighted by molar-refractivity contribution is 8.32. The lowest BCUT2D eigenvalue weighted by atomic mass is 10.1. The number of aromatic nitrogens is 2. The monoisotopic (exact) mass is 559 g/mol. The molecule has 2 aliphatic heterocycles. The van der Waals surface area contributed by atoms with E-state index in [4.69, 9.17) is 0 Å². The Bertz CT molecular complexity index is 890. The van der Waals surface area contributed by atoms with Crippen LogP contribution in [0.2, 0.25) is 0 Å². The molecule has 0 unspecified atom stereocenters. The second kappa shape index (κ2) is 15.7. The molecule has 0 saturated heterocycles. The first-order valence-electron chi connectivity index (χ1n) is 13.2. The SMILES string of the molecule is CC1=C(C)SC(=C2Sc3[nH+]c(O)[nH]c(=O)c3S2)S1.CCCC[N+](CCCC)(CCCC)CCCC. The van der Waals surface area contributed by atoms with Gasteiger partial charge in [0.15, 0.2) is 9.92 Å². The van der Waals surface area contributed by atoms with Gasteiger partial charge >= 0.3 is 11.6 Å². The normalized spacial score (nSPS) is 15.5. The quantitative estimate of drug-likeness (QED) is 0.200. The van der Waals surface area contributed by atoms with Gasteiger partial charge < -0.3 is 9.59 Å².